The van der Waals surface area contributed by atoms with Gasteiger partial charge in [0.15, 0.2) is 0 Å². The molecule has 3 nitrogen and oxygen atoms in total. The molecule has 15 heavy (non-hydrogen) atoms. The van der Waals surface area contributed by atoms with Gasteiger partial charge < -0.3 is 10.4 Å². The average molecular weight is 248 g/mol. The Labute approximate surface area is 98.0 Å². The molecule has 0 saturated carbocycles. The van der Waals surface area contributed by atoms with Gasteiger partial charge in [0.25, 0.3) is 0 Å². The van der Waals surface area contributed by atoms with Crippen LogP contribution in [0, 0.1) is 0 Å². The van der Waals surface area contributed by atoms with Crippen LogP contribution >= 0.6 is 23.2 Å². The molecule has 1 rings (SSSR count). The number of benzene rings is 1. The van der Waals surface area contributed by atoms with Gasteiger partial charge in [0.05, 0.1) is 6.10 Å². The van der Waals surface area contributed by atoms with E-state index in [-0.39, 0.29) is 12.5 Å². The molecule has 0 saturated heterocycles. The number of carbonyl (C=O) groups excluding carboxylic acids is 1. The fourth-order valence-corrected chi connectivity index (χ4v) is 1.67. The first kappa shape index (κ1) is 12.3. The summed E-state index contributed by atoms with van der Waals surface area (Å²) in [7, 11) is 0. The van der Waals surface area contributed by atoms with Gasteiger partial charge in [-0.15, -0.1) is 0 Å². The van der Waals surface area contributed by atoms with E-state index in [0.29, 0.717) is 15.6 Å². The number of amides is 1. The maximum atomic E-state index is 10.6. The molecule has 0 aliphatic carbocycles. The lowest BCUT2D eigenvalue weighted by Crippen LogP contribution is -2.25. The van der Waals surface area contributed by atoms with Gasteiger partial charge in [-0.05, 0) is 23.8 Å². The fourth-order valence-electron chi connectivity index (χ4n) is 1.13. The van der Waals surface area contributed by atoms with Gasteiger partial charge >= 0.3 is 0 Å². The second-order valence-corrected chi connectivity index (χ2v) is 4.03. The molecule has 0 fully saturated rings. The van der Waals surface area contributed by atoms with Gasteiger partial charge in [0, 0.05) is 23.5 Å². The van der Waals surface area contributed by atoms with Crippen LogP contribution in [0.2, 0.25) is 10.0 Å². The van der Waals surface area contributed by atoms with Crippen LogP contribution in [-0.4, -0.2) is 17.6 Å². The van der Waals surface area contributed by atoms with E-state index < -0.39 is 6.10 Å². The van der Waals surface area contributed by atoms with Crippen LogP contribution in [0.25, 0.3) is 0 Å². The number of aliphatic hydroxyl groups excluding tert-OH is 1. The van der Waals surface area contributed by atoms with Crippen LogP contribution in [0.1, 0.15) is 18.6 Å². The van der Waals surface area contributed by atoms with Gasteiger partial charge in [0.1, 0.15) is 0 Å². The van der Waals surface area contributed by atoms with E-state index in [1.165, 1.54) is 6.92 Å². The molecule has 2 N–H and O–H groups in total. The summed E-state index contributed by atoms with van der Waals surface area (Å²) in [6.45, 7) is 1.53. The Bertz CT molecular complexity index is 348. The van der Waals surface area contributed by atoms with Gasteiger partial charge in [0.2, 0.25) is 5.91 Å². The first-order chi connectivity index (χ1) is 6.99. The molecule has 1 aromatic carbocycles. The minimum atomic E-state index is -0.801. The van der Waals surface area contributed by atoms with Crippen molar-refractivity contribution in [1.29, 1.82) is 0 Å². The normalized spacial score (nSPS) is 12.3. The predicted octanol–water partition coefficient (Wildman–Crippen LogP) is 2.16. The first-order valence-electron chi connectivity index (χ1n) is 4.37. The van der Waals surface area contributed by atoms with E-state index in [0.717, 1.165) is 0 Å². The Morgan fingerprint density at radius 2 is 1.93 bits per heavy atom. The molecule has 1 amide bonds. The summed E-state index contributed by atoms with van der Waals surface area (Å²) in [5.41, 5.74) is 0.584. The summed E-state index contributed by atoms with van der Waals surface area (Å²) < 4.78 is 0. The third kappa shape index (κ3) is 4.08. The highest BCUT2D eigenvalue weighted by Crippen LogP contribution is 2.23. The van der Waals surface area contributed by atoms with Gasteiger partial charge in [-0.1, -0.05) is 23.2 Å². The van der Waals surface area contributed by atoms with Crippen LogP contribution in [0.5, 0.6) is 0 Å². The molecule has 0 radical (unpaired) electrons. The summed E-state index contributed by atoms with van der Waals surface area (Å²) in [6.07, 6.45) is -0.801. The van der Waals surface area contributed by atoms with E-state index in [1.54, 1.807) is 18.2 Å². The van der Waals surface area contributed by atoms with Crippen molar-refractivity contribution in [1.82, 2.24) is 5.32 Å². The lowest BCUT2D eigenvalue weighted by Gasteiger charge is -2.12. The highest BCUT2D eigenvalue weighted by Gasteiger charge is 2.09. The lowest BCUT2D eigenvalue weighted by molar-refractivity contribution is -0.119. The molecule has 1 aromatic rings. The number of aliphatic hydroxyl groups is 1. The van der Waals surface area contributed by atoms with E-state index in [2.05, 4.69) is 5.32 Å². The van der Waals surface area contributed by atoms with E-state index in [9.17, 15) is 9.90 Å². The second kappa shape index (κ2) is 5.35. The number of hydrogen-bond donors (Lipinski definition) is 2. The molecular formula is C10H11Cl2NO2. The van der Waals surface area contributed by atoms with Gasteiger partial charge in [-0.2, -0.15) is 0 Å². The highest BCUT2D eigenvalue weighted by atomic mass is 35.5. The van der Waals surface area contributed by atoms with E-state index in [1.807, 2.05) is 0 Å². The highest BCUT2D eigenvalue weighted by molar-refractivity contribution is 6.34. The number of carbonyl (C=O) groups is 1. The van der Waals surface area contributed by atoms with Crippen molar-refractivity contribution < 1.29 is 9.90 Å². The van der Waals surface area contributed by atoms with Crippen molar-refractivity contribution in [3.8, 4) is 0 Å². The van der Waals surface area contributed by atoms with Crippen molar-refractivity contribution in [2.75, 3.05) is 6.54 Å². The summed E-state index contributed by atoms with van der Waals surface area (Å²) in [4.78, 5) is 10.6. The quantitative estimate of drug-likeness (QED) is 0.861. The fraction of sp³-hybridized carbons (Fsp3) is 0.300. The topological polar surface area (TPSA) is 49.3 Å². The molecule has 0 aliphatic rings. The summed E-state index contributed by atoms with van der Waals surface area (Å²) in [5.74, 6) is -0.192. The van der Waals surface area contributed by atoms with Crippen molar-refractivity contribution >= 4 is 29.1 Å². The smallest absolute Gasteiger partial charge is 0.216 e. The predicted molar refractivity (Wildman–Crippen MR) is 60.1 cm³/mol. The third-order valence-electron chi connectivity index (χ3n) is 1.81. The summed E-state index contributed by atoms with van der Waals surface area (Å²) in [6, 6.07) is 4.80. The van der Waals surface area contributed by atoms with Crippen molar-refractivity contribution in [2.45, 2.75) is 13.0 Å². The Balaban J connectivity index is 2.72. The summed E-state index contributed by atoms with van der Waals surface area (Å²) >= 11 is 11.5. The third-order valence-corrected chi connectivity index (χ3v) is 2.25. The number of rotatable bonds is 3. The minimum Gasteiger partial charge on any atom is -0.387 e. The zero-order chi connectivity index (χ0) is 11.4. The second-order valence-electron chi connectivity index (χ2n) is 3.16. The molecule has 1 atom stereocenters. The average Bonchev–Trinajstić information content (AvgIpc) is 2.12. The Hall–Kier alpha value is -0.770. The number of halogens is 2. The molecule has 5 heteroatoms. The van der Waals surface area contributed by atoms with Crippen LogP contribution < -0.4 is 5.32 Å². The molecule has 0 aromatic heterocycles. The van der Waals surface area contributed by atoms with Crippen molar-refractivity contribution in [2.24, 2.45) is 0 Å². The molecule has 0 bridgehead atoms. The molecule has 0 spiro atoms. The minimum absolute atomic E-state index is 0.145. The maximum absolute atomic E-state index is 10.6. The Morgan fingerprint density at radius 3 is 2.40 bits per heavy atom. The molecule has 82 valence electrons. The Morgan fingerprint density at radius 1 is 1.40 bits per heavy atom. The molecular weight excluding hydrogens is 237 g/mol. The van der Waals surface area contributed by atoms with E-state index in [4.69, 9.17) is 23.2 Å². The lowest BCUT2D eigenvalue weighted by atomic mass is 10.1. The SMILES string of the molecule is CC(=O)NCC(O)c1cc(Cl)cc(Cl)c1. The van der Waals surface area contributed by atoms with Crippen LogP contribution in [0.4, 0.5) is 0 Å². The molecule has 0 aliphatic heterocycles. The largest absolute Gasteiger partial charge is 0.387 e. The van der Waals surface area contributed by atoms with E-state index >= 15 is 0 Å². The Kier molecular flexibility index (Phi) is 4.39. The van der Waals surface area contributed by atoms with Gasteiger partial charge in [-0.3, -0.25) is 4.79 Å². The molecule has 1 unspecified atom stereocenters. The summed E-state index contributed by atoms with van der Waals surface area (Å²) in [5, 5.41) is 13.1. The first-order valence-corrected chi connectivity index (χ1v) is 5.13. The zero-order valence-corrected chi connectivity index (χ0v) is 9.64. The monoisotopic (exact) mass is 247 g/mol. The number of hydrogen-bond acceptors (Lipinski definition) is 2. The van der Waals surface area contributed by atoms with Crippen LogP contribution in [0.3, 0.4) is 0 Å². The van der Waals surface area contributed by atoms with Crippen molar-refractivity contribution in [3.05, 3.63) is 33.8 Å². The zero-order valence-electron chi connectivity index (χ0n) is 8.13. The maximum Gasteiger partial charge on any atom is 0.216 e. The van der Waals surface area contributed by atoms with Crippen molar-refractivity contribution in [3.63, 3.8) is 0 Å². The molecule has 0 heterocycles. The van der Waals surface area contributed by atoms with Crippen LogP contribution in [0.15, 0.2) is 18.2 Å². The van der Waals surface area contributed by atoms with Gasteiger partial charge in [-0.25, -0.2) is 0 Å². The number of nitrogens with one attached hydrogen (secondary N) is 1. The standard InChI is InChI=1S/C10H11Cl2NO2/c1-6(14)13-5-10(15)7-2-8(11)4-9(12)3-7/h2-4,10,15H,5H2,1H3,(H,13,14). The van der Waals surface area contributed by atoms with Crippen LogP contribution in [-0.2, 0) is 4.79 Å².